The fourth-order valence-corrected chi connectivity index (χ4v) is 1.95. The maximum atomic E-state index is 11.8. The lowest BCUT2D eigenvalue weighted by Gasteiger charge is -2.11. The Labute approximate surface area is 87.6 Å². The topological polar surface area (TPSA) is 26.0 Å². The minimum Gasteiger partial charge on any atom is -0.327 e. The lowest BCUT2D eigenvalue weighted by atomic mass is 10.1. The number of rotatable bonds is 7. The Morgan fingerprint density at radius 3 is 2.50 bits per heavy atom. The van der Waals surface area contributed by atoms with Crippen LogP contribution in [0.15, 0.2) is 0 Å². The zero-order chi connectivity index (χ0) is 11.0. The molecule has 1 unspecified atom stereocenters. The first kappa shape index (κ1) is 14.1. The molecule has 0 heterocycles. The number of nitrogens with two attached hydrogens (primary N) is 1. The van der Waals surface area contributed by atoms with Crippen molar-refractivity contribution in [3.05, 3.63) is 0 Å². The molecule has 0 aliphatic heterocycles. The Hall–Kier alpha value is 0.100. The molecule has 0 aromatic carbocycles. The molecule has 1 nitrogen and oxygen atoms in total. The van der Waals surface area contributed by atoms with Crippen molar-refractivity contribution < 1.29 is 13.2 Å². The Morgan fingerprint density at radius 2 is 2.00 bits per heavy atom. The second kappa shape index (κ2) is 7.40. The highest BCUT2D eigenvalue weighted by atomic mass is 32.2. The van der Waals surface area contributed by atoms with Crippen LogP contribution >= 0.6 is 11.8 Å². The van der Waals surface area contributed by atoms with E-state index in [2.05, 4.69) is 6.92 Å². The molecule has 2 N–H and O–H groups in total. The van der Waals surface area contributed by atoms with E-state index < -0.39 is 12.6 Å². The highest BCUT2D eigenvalue weighted by Crippen LogP contribution is 2.22. The molecule has 0 radical (unpaired) electrons. The van der Waals surface area contributed by atoms with Gasteiger partial charge in [0, 0.05) is 18.2 Å². The van der Waals surface area contributed by atoms with Gasteiger partial charge < -0.3 is 5.73 Å². The summed E-state index contributed by atoms with van der Waals surface area (Å²) in [6.07, 6.45) is -3.04. The molecule has 0 amide bonds. The minimum absolute atomic E-state index is 0.0890. The number of alkyl halides is 3. The summed E-state index contributed by atoms with van der Waals surface area (Å²) in [5, 5.41) is 0. The van der Waals surface area contributed by atoms with Crippen molar-refractivity contribution in [2.24, 2.45) is 5.73 Å². The van der Waals surface area contributed by atoms with E-state index in [1.54, 1.807) is 11.8 Å². The molecule has 0 aromatic rings. The molecule has 0 saturated heterocycles. The molecule has 0 aromatic heterocycles. The average Bonchev–Trinajstić information content (AvgIpc) is 2.02. The molecule has 1 atom stereocenters. The van der Waals surface area contributed by atoms with Crippen LogP contribution in [0.4, 0.5) is 13.2 Å². The second-order valence-electron chi connectivity index (χ2n) is 3.34. The number of thioether (sulfide) groups is 1. The minimum atomic E-state index is -4.03. The van der Waals surface area contributed by atoms with Crippen molar-refractivity contribution >= 4 is 11.8 Å². The molecule has 0 bridgehead atoms. The lowest BCUT2D eigenvalue weighted by molar-refractivity contribution is -0.135. The van der Waals surface area contributed by atoms with Gasteiger partial charge in [-0.05, 0) is 25.0 Å². The third kappa shape index (κ3) is 10.2. The van der Waals surface area contributed by atoms with Crippen LogP contribution in [0.2, 0.25) is 0 Å². The monoisotopic (exact) mass is 229 g/mol. The fraction of sp³-hybridized carbons (Fsp3) is 1.00. The molecule has 0 spiro atoms. The SMILES string of the molecule is CCCSCC(N)CCCC(F)(F)F. The normalized spacial score (nSPS) is 14.4. The first-order valence-electron chi connectivity index (χ1n) is 4.85. The second-order valence-corrected chi connectivity index (χ2v) is 4.49. The van der Waals surface area contributed by atoms with Crippen LogP contribution in [0.5, 0.6) is 0 Å². The van der Waals surface area contributed by atoms with E-state index >= 15 is 0 Å². The van der Waals surface area contributed by atoms with Gasteiger partial charge in [0.05, 0.1) is 0 Å². The summed E-state index contributed by atoms with van der Waals surface area (Å²) < 4.78 is 35.3. The highest BCUT2D eigenvalue weighted by Gasteiger charge is 2.26. The van der Waals surface area contributed by atoms with Crippen LogP contribution < -0.4 is 5.73 Å². The predicted molar refractivity (Wildman–Crippen MR) is 55.5 cm³/mol. The molecule has 0 aliphatic rings. The van der Waals surface area contributed by atoms with E-state index in [1.165, 1.54) is 0 Å². The van der Waals surface area contributed by atoms with Gasteiger partial charge in [-0.25, -0.2) is 0 Å². The summed E-state index contributed by atoms with van der Waals surface area (Å²) >= 11 is 1.71. The third-order valence-electron chi connectivity index (χ3n) is 1.72. The van der Waals surface area contributed by atoms with Gasteiger partial charge in [-0.15, -0.1) is 0 Å². The van der Waals surface area contributed by atoms with Crippen LogP contribution in [0, 0.1) is 0 Å². The Kier molecular flexibility index (Phi) is 7.45. The number of halogens is 3. The first-order valence-corrected chi connectivity index (χ1v) is 6.01. The van der Waals surface area contributed by atoms with Crippen LogP contribution in [0.1, 0.15) is 32.6 Å². The van der Waals surface area contributed by atoms with Crippen LogP contribution in [-0.2, 0) is 0 Å². The first-order chi connectivity index (χ1) is 6.45. The summed E-state index contributed by atoms with van der Waals surface area (Å²) in [5.41, 5.74) is 5.66. The summed E-state index contributed by atoms with van der Waals surface area (Å²) in [6.45, 7) is 2.07. The van der Waals surface area contributed by atoms with Gasteiger partial charge in [-0.1, -0.05) is 6.92 Å². The van der Waals surface area contributed by atoms with Crippen molar-refractivity contribution in [1.82, 2.24) is 0 Å². The van der Waals surface area contributed by atoms with E-state index in [-0.39, 0.29) is 12.5 Å². The number of hydrogen-bond acceptors (Lipinski definition) is 2. The van der Waals surface area contributed by atoms with Crippen LogP contribution in [0.25, 0.3) is 0 Å². The van der Waals surface area contributed by atoms with Gasteiger partial charge >= 0.3 is 6.18 Å². The van der Waals surface area contributed by atoms with Gasteiger partial charge in [-0.3, -0.25) is 0 Å². The average molecular weight is 229 g/mol. The maximum Gasteiger partial charge on any atom is 0.389 e. The number of hydrogen-bond donors (Lipinski definition) is 1. The lowest BCUT2D eigenvalue weighted by Crippen LogP contribution is -2.23. The van der Waals surface area contributed by atoms with Gasteiger partial charge in [0.2, 0.25) is 0 Å². The van der Waals surface area contributed by atoms with Crippen molar-refractivity contribution in [2.75, 3.05) is 11.5 Å². The Balaban J connectivity index is 3.31. The van der Waals surface area contributed by atoms with E-state index in [9.17, 15) is 13.2 Å². The van der Waals surface area contributed by atoms with Crippen LogP contribution in [-0.4, -0.2) is 23.7 Å². The molecule has 5 heteroatoms. The predicted octanol–water partition coefficient (Wildman–Crippen LogP) is 3.19. The van der Waals surface area contributed by atoms with E-state index in [0.29, 0.717) is 6.42 Å². The zero-order valence-corrected chi connectivity index (χ0v) is 9.26. The van der Waals surface area contributed by atoms with Gasteiger partial charge in [0.15, 0.2) is 0 Å². The molecule has 0 rings (SSSR count). The molecular formula is C9H18F3NS. The smallest absolute Gasteiger partial charge is 0.327 e. The van der Waals surface area contributed by atoms with Gasteiger partial charge in [-0.2, -0.15) is 24.9 Å². The Bertz CT molecular complexity index is 139. The molecule has 0 saturated carbocycles. The molecule has 0 aliphatic carbocycles. The summed E-state index contributed by atoms with van der Waals surface area (Å²) in [5.74, 6) is 1.80. The van der Waals surface area contributed by atoms with Crippen LogP contribution in [0.3, 0.4) is 0 Å². The van der Waals surface area contributed by atoms with E-state index in [1.807, 2.05) is 0 Å². The quantitative estimate of drug-likeness (QED) is 0.678. The third-order valence-corrected chi connectivity index (χ3v) is 3.08. The van der Waals surface area contributed by atoms with Gasteiger partial charge in [0.1, 0.15) is 0 Å². The summed E-state index contributed by atoms with van der Waals surface area (Å²) in [7, 11) is 0. The summed E-state index contributed by atoms with van der Waals surface area (Å²) in [4.78, 5) is 0. The van der Waals surface area contributed by atoms with Crippen molar-refractivity contribution in [2.45, 2.75) is 44.8 Å². The highest BCUT2D eigenvalue weighted by molar-refractivity contribution is 7.99. The molecule has 86 valence electrons. The zero-order valence-electron chi connectivity index (χ0n) is 8.44. The largest absolute Gasteiger partial charge is 0.389 e. The van der Waals surface area contributed by atoms with Crippen molar-refractivity contribution in [3.63, 3.8) is 0 Å². The van der Waals surface area contributed by atoms with E-state index in [4.69, 9.17) is 5.73 Å². The summed E-state index contributed by atoms with van der Waals surface area (Å²) in [6, 6.07) is -0.0890. The molecular weight excluding hydrogens is 211 g/mol. The van der Waals surface area contributed by atoms with Gasteiger partial charge in [0.25, 0.3) is 0 Å². The van der Waals surface area contributed by atoms with Crippen molar-refractivity contribution in [1.29, 1.82) is 0 Å². The van der Waals surface area contributed by atoms with Crippen molar-refractivity contribution in [3.8, 4) is 0 Å². The standard InChI is InChI=1S/C9H18F3NS/c1-2-6-14-7-8(13)4-3-5-9(10,11)12/h8H,2-7,13H2,1H3. The fourth-order valence-electron chi connectivity index (χ4n) is 1.03. The molecule has 14 heavy (non-hydrogen) atoms. The maximum absolute atomic E-state index is 11.8. The van der Waals surface area contributed by atoms with E-state index in [0.717, 1.165) is 17.9 Å². The molecule has 0 fully saturated rings. The Morgan fingerprint density at radius 1 is 1.36 bits per heavy atom.